The molecule has 2 amide bonds. The number of benzene rings is 1. The second-order valence-corrected chi connectivity index (χ2v) is 4.17. The highest BCUT2D eigenvalue weighted by Crippen LogP contribution is 2.20. The summed E-state index contributed by atoms with van der Waals surface area (Å²) in [4.78, 5) is 24.0. The number of nitrogens with one attached hydrogen (secondary N) is 1. The Labute approximate surface area is 120 Å². The van der Waals surface area contributed by atoms with Gasteiger partial charge in [-0.15, -0.1) is 6.42 Å². The van der Waals surface area contributed by atoms with Gasteiger partial charge in [0.15, 0.2) is 0 Å². The van der Waals surface area contributed by atoms with Gasteiger partial charge in [-0.05, 0) is 12.5 Å². The van der Waals surface area contributed by atoms with Crippen molar-refractivity contribution in [3.8, 4) is 12.3 Å². The van der Waals surface area contributed by atoms with E-state index in [9.17, 15) is 18.4 Å². The Bertz CT molecular complexity index is 597. The van der Waals surface area contributed by atoms with Crippen molar-refractivity contribution in [3.63, 3.8) is 0 Å². The van der Waals surface area contributed by atoms with E-state index in [0.29, 0.717) is 19.0 Å². The normalized spacial score (nSPS) is 9.81. The fourth-order valence-corrected chi connectivity index (χ4v) is 1.64. The molecule has 21 heavy (non-hydrogen) atoms. The maximum absolute atomic E-state index is 13.6. The lowest BCUT2D eigenvalue weighted by Gasteiger charge is -2.20. The zero-order valence-electron chi connectivity index (χ0n) is 11.3. The van der Waals surface area contributed by atoms with E-state index >= 15 is 0 Å². The number of carboxylic acid groups (broad SMARTS) is 1. The van der Waals surface area contributed by atoms with Gasteiger partial charge < -0.3 is 15.3 Å². The number of amides is 2. The van der Waals surface area contributed by atoms with Crippen molar-refractivity contribution in [1.29, 1.82) is 0 Å². The standard InChI is InChI=1S/C14H14F2N2O3/c1-3-5-18(6-4-2)14(21)17-12-7-9(13(19)20)10(15)8-11(12)16/h1,7-8H,4-6H2,2H3,(H,17,21)(H,19,20). The van der Waals surface area contributed by atoms with Crippen molar-refractivity contribution < 1.29 is 23.5 Å². The molecular weight excluding hydrogens is 282 g/mol. The molecule has 1 aromatic rings. The third kappa shape index (κ3) is 4.18. The first kappa shape index (κ1) is 16.4. The second kappa shape index (κ2) is 7.24. The van der Waals surface area contributed by atoms with Gasteiger partial charge in [0.05, 0.1) is 17.8 Å². The summed E-state index contributed by atoms with van der Waals surface area (Å²) in [5, 5.41) is 11.0. The molecule has 0 unspecified atom stereocenters. The number of rotatable bonds is 5. The Morgan fingerprint density at radius 3 is 2.57 bits per heavy atom. The maximum atomic E-state index is 13.6. The number of aromatic carboxylic acids is 1. The Kier molecular flexibility index (Phi) is 5.67. The summed E-state index contributed by atoms with van der Waals surface area (Å²) in [5.41, 5.74) is -1.15. The molecule has 0 heterocycles. The number of hydrogen-bond donors (Lipinski definition) is 2. The van der Waals surface area contributed by atoms with Gasteiger partial charge in [-0.1, -0.05) is 12.8 Å². The van der Waals surface area contributed by atoms with Crippen LogP contribution < -0.4 is 5.32 Å². The van der Waals surface area contributed by atoms with E-state index in [0.717, 1.165) is 6.07 Å². The average molecular weight is 296 g/mol. The number of halogens is 2. The molecule has 0 radical (unpaired) electrons. The van der Waals surface area contributed by atoms with Crippen LogP contribution in [0.1, 0.15) is 23.7 Å². The zero-order valence-corrected chi connectivity index (χ0v) is 11.3. The summed E-state index contributed by atoms with van der Waals surface area (Å²) in [5.74, 6) is -1.55. The summed E-state index contributed by atoms with van der Waals surface area (Å²) >= 11 is 0. The number of nitrogens with zero attached hydrogens (tertiary/aromatic N) is 1. The number of urea groups is 1. The highest BCUT2D eigenvalue weighted by atomic mass is 19.1. The molecule has 1 aromatic carbocycles. The SMILES string of the molecule is C#CCN(CCC)C(=O)Nc1cc(C(=O)O)c(F)cc1F. The Balaban J connectivity index is 3.01. The van der Waals surface area contributed by atoms with Crippen LogP contribution in [0.4, 0.5) is 19.3 Å². The second-order valence-electron chi connectivity index (χ2n) is 4.17. The molecule has 0 aliphatic rings. The van der Waals surface area contributed by atoms with Gasteiger partial charge in [-0.2, -0.15) is 0 Å². The van der Waals surface area contributed by atoms with Gasteiger partial charge >= 0.3 is 12.0 Å². The van der Waals surface area contributed by atoms with Crippen LogP contribution in [-0.2, 0) is 0 Å². The number of carbonyl (C=O) groups excluding carboxylic acids is 1. The third-order valence-electron chi connectivity index (χ3n) is 2.59. The van der Waals surface area contributed by atoms with Gasteiger partial charge in [-0.3, -0.25) is 0 Å². The summed E-state index contributed by atoms with van der Waals surface area (Å²) < 4.78 is 26.8. The summed E-state index contributed by atoms with van der Waals surface area (Å²) in [6.07, 6.45) is 5.77. The number of carboxylic acids is 1. The van der Waals surface area contributed by atoms with Crippen LogP contribution in [0, 0.1) is 24.0 Å². The van der Waals surface area contributed by atoms with Crippen LogP contribution >= 0.6 is 0 Å². The molecular formula is C14H14F2N2O3. The molecule has 0 atom stereocenters. The van der Waals surface area contributed by atoms with Crippen molar-refractivity contribution in [3.05, 3.63) is 29.3 Å². The highest BCUT2D eigenvalue weighted by molar-refractivity contribution is 5.93. The monoisotopic (exact) mass is 296 g/mol. The highest BCUT2D eigenvalue weighted by Gasteiger charge is 2.18. The molecule has 7 heteroatoms. The fraction of sp³-hybridized carbons (Fsp3) is 0.286. The largest absolute Gasteiger partial charge is 0.478 e. The first-order valence-corrected chi connectivity index (χ1v) is 6.12. The van der Waals surface area contributed by atoms with E-state index in [2.05, 4.69) is 11.2 Å². The van der Waals surface area contributed by atoms with Gasteiger partial charge in [0.2, 0.25) is 0 Å². The lowest BCUT2D eigenvalue weighted by atomic mass is 10.2. The average Bonchev–Trinajstić information content (AvgIpc) is 2.41. The Morgan fingerprint density at radius 2 is 2.05 bits per heavy atom. The minimum atomic E-state index is -1.56. The van der Waals surface area contributed by atoms with Crippen LogP contribution in [0.15, 0.2) is 12.1 Å². The molecule has 0 bridgehead atoms. The third-order valence-corrected chi connectivity index (χ3v) is 2.59. The lowest BCUT2D eigenvalue weighted by molar-refractivity contribution is 0.0691. The summed E-state index contributed by atoms with van der Waals surface area (Å²) in [7, 11) is 0. The van der Waals surface area contributed by atoms with E-state index in [-0.39, 0.29) is 6.54 Å². The van der Waals surface area contributed by atoms with Crippen molar-refractivity contribution >= 4 is 17.7 Å². The molecule has 0 spiro atoms. The molecule has 112 valence electrons. The molecule has 0 saturated carbocycles. The minimum Gasteiger partial charge on any atom is -0.478 e. The number of hydrogen-bond acceptors (Lipinski definition) is 2. The van der Waals surface area contributed by atoms with Crippen molar-refractivity contribution in [2.75, 3.05) is 18.4 Å². The Morgan fingerprint density at radius 1 is 1.38 bits per heavy atom. The fourth-order valence-electron chi connectivity index (χ4n) is 1.64. The van der Waals surface area contributed by atoms with Crippen LogP contribution in [0.5, 0.6) is 0 Å². The molecule has 0 aliphatic heterocycles. The molecule has 0 aliphatic carbocycles. The van der Waals surface area contributed by atoms with Crippen molar-refractivity contribution in [2.24, 2.45) is 0 Å². The van der Waals surface area contributed by atoms with E-state index in [1.54, 1.807) is 0 Å². The molecule has 2 N–H and O–H groups in total. The number of terminal acetylenes is 1. The molecule has 5 nitrogen and oxygen atoms in total. The number of carbonyl (C=O) groups is 2. The minimum absolute atomic E-state index is 0.0221. The lowest BCUT2D eigenvalue weighted by Crippen LogP contribution is -2.36. The van der Waals surface area contributed by atoms with E-state index < -0.39 is 34.9 Å². The first-order valence-electron chi connectivity index (χ1n) is 6.12. The van der Waals surface area contributed by atoms with Crippen LogP contribution in [0.3, 0.4) is 0 Å². The van der Waals surface area contributed by atoms with Crippen molar-refractivity contribution in [1.82, 2.24) is 4.90 Å². The zero-order chi connectivity index (χ0) is 16.0. The maximum Gasteiger partial charge on any atom is 0.338 e. The van der Waals surface area contributed by atoms with Crippen LogP contribution in [-0.4, -0.2) is 35.1 Å². The summed E-state index contributed by atoms with van der Waals surface area (Å²) in [6, 6.07) is 0.451. The molecule has 0 fully saturated rings. The van der Waals surface area contributed by atoms with Crippen LogP contribution in [0.25, 0.3) is 0 Å². The van der Waals surface area contributed by atoms with Gasteiger partial charge in [-0.25, -0.2) is 18.4 Å². The van der Waals surface area contributed by atoms with Crippen LogP contribution in [0.2, 0.25) is 0 Å². The van der Waals surface area contributed by atoms with Crippen molar-refractivity contribution in [2.45, 2.75) is 13.3 Å². The summed E-state index contributed by atoms with van der Waals surface area (Å²) in [6.45, 7) is 2.21. The molecule has 0 aromatic heterocycles. The molecule has 1 rings (SSSR count). The predicted octanol–water partition coefficient (Wildman–Crippen LogP) is 2.54. The Hall–Kier alpha value is -2.62. The van der Waals surface area contributed by atoms with Gasteiger partial charge in [0, 0.05) is 12.6 Å². The van der Waals surface area contributed by atoms with Gasteiger partial charge in [0.1, 0.15) is 11.6 Å². The first-order chi connectivity index (χ1) is 9.90. The van der Waals surface area contributed by atoms with E-state index in [1.807, 2.05) is 6.92 Å². The van der Waals surface area contributed by atoms with E-state index in [1.165, 1.54) is 4.90 Å². The quantitative estimate of drug-likeness (QED) is 0.820. The van der Waals surface area contributed by atoms with Gasteiger partial charge in [0.25, 0.3) is 0 Å². The van der Waals surface area contributed by atoms with E-state index in [4.69, 9.17) is 11.5 Å². The topological polar surface area (TPSA) is 69.6 Å². The molecule has 0 saturated heterocycles. The number of anilines is 1. The smallest absolute Gasteiger partial charge is 0.338 e. The predicted molar refractivity (Wildman–Crippen MR) is 73.0 cm³/mol.